The molecule has 1 rings (SSSR count). The minimum Gasteiger partial charge on any atom is -0.479 e. The molecule has 460 valence electrons. The number of aliphatic hydroxyl groups excluding tert-OH is 2. The molecule has 1 fully saturated rings. The van der Waals surface area contributed by atoms with Gasteiger partial charge in [-0.05, 0) is 122 Å². The number of esters is 3. The molecule has 0 radical (unpaired) electrons. The summed E-state index contributed by atoms with van der Waals surface area (Å²) in [5, 5.41) is 31.5. The first kappa shape index (κ1) is 74.8. The summed E-state index contributed by atoms with van der Waals surface area (Å²) in [4.78, 5) is 51.2. The zero-order chi connectivity index (χ0) is 60.3. The fourth-order valence-corrected chi connectivity index (χ4v) is 7.93. The Morgan fingerprint density at radius 3 is 1.20 bits per heavy atom. The molecule has 0 spiro atoms. The Labute approximate surface area is 500 Å². The molecule has 0 bridgehead atoms. The van der Waals surface area contributed by atoms with Crippen LogP contribution in [0.1, 0.15) is 188 Å². The van der Waals surface area contributed by atoms with Crippen LogP contribution in [0.25, 0.3) is 0 Å². The van der Waals surface area contributed by atoms with Crippen LogP contribution >= 0.6 is 0 Å². The first-order chi connectivity index (χ1) is 40.6. The van der Waals surface area contributed by atoms with Crippen molar-refractivity contribution in [2.24, 2.45) is 0 Å². The van der Waals surface area contributed by atoms with E-state index >= 15 is 0 Å². The van der Waals surface area contributed by atoms with Gasteiger partial charge in [-0.15, -0.1) is 0 Å². The Balaban J connectivity index is 2.80. The van der Waals surface area contributed by atoms with Gasteiger partial charge in [0.05, 0.1) is 13.0 Å². The number of carbonyl (C=O) groups is 4. The molecule has 1 aliphatic rings. The fourth-order valence-electron chi connectivity index (χ4n) is 7.93. The van der Waals surface area contributed by atoms with Crippen molar-refractivity contribution in [1.29, 1.82) is 0 Å². The number of hydrogen-bond acceptors (Lipinski definition) is 11. The van der Waals surface area contributed by atoms with Crippen molar-refractivity contribution < 1.29 is 58.2 Å². The molecule has 0 aromatic heterocycles. The van der Waals surface area contributed by atoms with Crippen LogP contribution < -0.4 is 0 Å². The van der Waals surface area contributed by atoms with E-state index in [1.54, 1.807) is 12.2 Å². The summed E-state index contributed by atoms with van der Waals surface area (Å²) in [6, 6.07) is 0. The Morgan fingerprint density at radius 1 is 0.410 bits per heavy atom. The summed E-state index contributed by atoms with van der Waals surface area (Å²) < 4.78 is 28.2. The fraction of sp³-hybridized carbons (Fsp3) is 0.521. The van der Waals surface area contributed by atoms with Gasteiger partial charge in [-0.2, -0.15) is 0 Å². The lowest BCUT2D eigenvalue weighted by Crippen LogP contribution is -2.61. The van der Waals surface area contributed by atoms with Gasteiger partial charge >= 0.3 is 23.9 Å². The Kier molecular flexibility index (Phi) is 50.8. The number of carboxylic acids is 1. The quantitative estimate of drug-likeness (QED) is 0.0228. The van der Waals surface area contributed by atoms with Gasteiger partial charge in [-0.1, -0.05) is 229 Å². The highest BCUT2D eigenvalue weighted by atomic mass is 16.7. The van der Waals surface area contributed by atoms with Crippen LogP contribution in [0.3, 0.4) is 0 Å². The number of hydrogen-bond donors (Lipinski definition) is 3. The normalized spacial score (nSPS) is 18.9. The van der Waals surface area contributed by atoms with E-state index in [1.165, 1.54) is 0 Å². The monoisotopic (exact) mass is 1150 g/mol. The lowest BCUT2D eigenvalue weighted by atomic mass is 9.98. The molecule has 12 heteroatoms. The first-order valence-electron chi connectivity index (χ1n) is 30.8. The number of carbonyl (C=O) groups excluding carboxylic acids is 3. The van der Waals surface area contributed by atoms with E-state index in [-0.39, 0.29) is 25.9 Å². The molecule has 0 amide bonds. The van der Waals surface area contributed by atoms with Crippen molar-refractivity contribution in [2.75, 3.05) is 13.2 Å². The maximum absolute atomic E-state index is 13.2. The van der Waals surface area contributed by atoms with Gasteiger partial charge < -0.3 is 39.0 Å². The molecule has 1 saturated heterocycles. The van der Waals surface area contributed by atoms with Crippen LogP contribution in [-0.2, 0) is 42.9 Å². The zero-order valence-corrected chi connectivity index (χ0v) is 50.6. The molecule has 0 aromatic rings. The van der Waals surface area contributed by atoms with Crippen molar-refractivity contribution in [3.8, 4) is 0 Å². The molecular weight excluding hydrogens is 1040 g/mol. The van der Waals surface area contributed by atoms with E-state index in [4.69, 9.17) is 23.7 Å². The van der Waals surface area contributed by atoms with Gasteiger partial charge in [0.25, 0.3) is 0 Å². The average molecular weight is 1150 g/mol. The summed E-state index contributed by atoms with van der Waals surface area (Å²) >= 11 is 0. The van der Waals surface area contributed by atoms with Gasteiger partial charge in [0.15, 0.2) is 24.6 Å². The van der Waals surface area contributed by atoms with Gasteiger partial charge in [-0.25, -0.2) is 4.79 Å². The van der Waals surface area contributed by atoms with E-state index < -0.39 is 67.3 Å². The molecular formula is C71H104O12. The third-order valence-electron chi connectivity index (χ3n) is 12.5. The molecule has 0 saturated carbocycles. The van der Waals surface area contributed by atoms with Gasteiger partial charge in [0, 0.05) is 12.8 Å². The highest BCUT2D eigenvalue weighted by molar-refractivity contribution is 5.74. The van der Waals surface area contributed by atoms with E-state index in [1.807, 2.05) is 24.3 Å². The second-order valence-electron chi connectivity index (χ2n) is 19.9. The summed E-state index contributed by atoms with van der Waals surface area (Å²) in [5.74, 6) is -3.45. The summed E-state index contributed by atoms with van der Waals surface area (Å²) in [6.07, 6.45) is 73.2. The molecule has 6 unspecified atom stereocenters. The zero-order valence-electron chi connectivity index (χ0n) is 50.6. The number of unbranched alkanes of at least 4 members (excludes halogenated alkanes) is 6. The summed E-state index contributed by atoms with van der Waals surface area (Å²) in [7, 11) is 0. The number of carboxylic acid groups (broad SMARTS) is 1. The van der Waals surface area contributed by atoms with Crippen LogP contribution in [0.15, 0.2) is 182 Å². The molecule has 0 aliphatic carbocycles. The molecule has 3 N–H and O–H groups in total. The predicted molar refractivity (Wildman–Crippen MR) is 339 cm³/mol. The largest absolute Gasteiger partial charge is 0.479 e. The minimum atomic E-state index is -1.96. The van der Waals surface area contributed by atoms with Crippen molar-refractivity contribution >= 4 is 23.9 Å². The van der Waals surface area contributed by atoms with Crippen LogP contribution in [0.4, 0.5) is 0 Å². The SMILES string of the molecule is CC/C=C\C/C=C\C/C=C\C/C=C\C/C=C\C/C=C\CCC(=O)OCC(COC1OC(C(=O)O)C(O)C(O)C1OC(=O)C/C=C\C/C=C\C/C=C\C/C=C\C/C=C\CC)OC(=O)CCCCCCCC/C=C\C/C=C\C/C=C\C/C=C\CC. The molecule has 6 atom stereocenters. The molecule has 83 heavy (non-hydrogen) atoms. The molecule has 1 heterocycles. The van der Waals surface area contributed by atoms with Crippen molar-refractivity contribution in [3.63, 3.8) is 0 Å². The van der Waals surface area contributed by atoms with Gasteiger partial charge in [0.2, 0.25) is 0 Å². The topological polar surface area (TPSA) is 175 Å². The third kappa shape index (κ3) is 46.0. The van der Waals surface area contributed by atoms with Crippen LogP contribution in [0.5, 0.6) is 0 Å². The number of aliphatic hydroxyl groups is 2. The van der Waals surface area contributed by atoms with Crippen LogP contribution in [-0.4, -0.2) is 89.2 Å². The molecule has 12 nitrogen and oxygen atoms in total. The number of ether oxygens (including phenoxy) is 5. The highest BCUT2D eigenvalue weighted by Crippen LogP contribution is 2.26. The molecule has 0 aromatic carbocycles. The third-order valence-corrected chi connectivity index (χ3v) is 12.5. The number of aliphatic carboxylic acids is 1. The molecule has 1 aliphatic heterocycles. The van der Waals surface area contributed by atoms with Gasteiger partial charge in [0.1, 0.15) is 18.8 Å². The number of rotatable bonds is 49. The van der Waals surface area contributed by atoms with Crippen LogP contribution in [0.2, 0.25) is 0 Å². The summed E-state index contributed by atoms with van der Waals surface area (Å²) in [6.45, 7) is 5.51. The van der Waals surface area contributed by atoms with E-state index in [9.17, 15) is 34.5 Å². The van der Waals surface area contributed by atoms with Crippen LogP contribution in [0, 0.1) is 0 Å². The smallest absolute Gasteiger partial charge is 0.335 e. The lowest BCUT2D eigenvalue weighted by molar-refractivity contribution is -0.301. The Bertz CT molecular complexity index is 2140. The lowest BCUT2D eigenvalue weighted by Gasteiger charge is -2.40. The van der Waals surface area contributed by atoms with Crippen molar-refractivity contribution in [2.45, 2.75) is 225 Å². The predicted octanol–water partition coefficient (Wildman–Crippen LogP) is 16.4. The second kappa shape index (κ2) is 56.3. The Hall–Kier alpha value is -6.18. The van der Waals surface area contributed by atoms with E-state index in [0.717, 1.165) is 122 Å². The standard InChI is InChI=1S/C71H104O12/c1-4-7-10-13-16-19-22-25-28-30-32-34-37-39-42-45-48-51-54-57-63(72)79-60-62(81-64(73)58-55-52-49-46-43-41-38-35-33-31-29-26-23-20-17-14-11-8-5-2)61-80-71-69(67(76)66(75)68(83-71)70(77)78)82-65(74)59-56-53-50-47-44-40-36-27-24-21-18-15-12-9-6-3/h7-12,16-21,25-29,32-36,39,42,44,47-48,51,53,56,62,66-69,71,75-76H,4-6,13-15,22-24,30-31,37-38,40-41,43,45-46,49-50,52,54-55,57-61H2,1-3H3,(H,77,78)/b10-7-,11-8-,12-9-,19-16-,20-17-,21-18-,28-25-,29-26-,34-32-,35-33-,36-27-,42-39-,47-44-,51-48-,56-53-. The van der Waals surface area contributed by atoms with Gasteiger partial charge in [-0.3, -0.25) is 14.4 Å². The average Bonchev–Trinajstić information content (AvgIpc) is 3.58. The highest BCUT2D eigenvalue weighted by Gasteiger charge is 2.50. The maximum atomic E-state index is 13.2. The maximum Gasteiger partial charge on any atom is 0.335 e. The van der Waals surface area contributed by atoms with E-state index in [0.29, 0.717) is 25.7 Å². The Morgan fingerprint density at radius 2 is 0.783 bits per heavy atom. The van der Waals surface area contributed by atoms with E-state index in [2.05, 4.69) is 167 Å². The minimum absolute atomic E-state index is 0.0686. The summed E-state index contributed by atoms with van der Waals surface area (Å²) in [5.41, 5.74) is 0. The second-order valence-corrected chi connectivity index (χ2v) is 19.9. The first-order valence-corrected chi connectivity index (χ1v) is 30.8. The number of allylic oxidation sites excluding steroid dienone is 29. The van der Waals surface area contributed by atoms with Crippen molar-refractivity contribution in [3.05, 3.63) is 182 Å². The van der Waals surface area contributed by atoms with Crippen molar-refractivity contribution in [1.82, 2.24) is 0 Å².